The monoisotopic (exact) mass is 310 g/mol. The molecular weight excluding hydrogens is 288 g/mol. The highest BCUT2D eigenvalue weighted by Gasteiger charge is 2.39. The molecule has 2 aliphatic rings. The molecule has 0 bridgehead atoms. The van der Waals surface area contributed by atoms with E-state index in [1.807, 2.05) is 35.2 Å². The second-order valence-corrected chi connectivity index (χ2v) is 5.99. The van der Waals surface area contributed by atoms with Crippen LogP contribution >= 0.6 is 12.4 Å². The zero-order valence-electron chi connectivity index (χ0n) is 12.2. The van der Waals surface area contributed by atoms with E-state index in [4.69, 9.17) is 4.74 Å². The van der Waals surface area contributed by atoms with Crippen LogP contribution in [-0.2, 0) is 11.3 Å². The van der Waals surface area contributed by atoms with Gasteiger partial charge in [0, 0.05) is 25.0 Å². The molecule has 4 nitrogen and oxygen atoms in total. The molecule has 2 heterocycles. The Balaban J connectivity index is 0.00000161. The van der Waals surface area contributed by atoms with Crippen molar-refractivity contribution >= 4 is 18.5 Å². The molecule has 2 fully saturated rings. The van der Waals surface area contributed by atoms with E-state index < -0.39 is 0 Å². The van der Waals surface area contributed by atoms with Crippen LogP contribution in [0.15, 0.2) is 30.3 Å². The molecule has 1 amide bonds. The lowest BCUT2D eigenvalue weighted by atomic mass is 9.79. The highest BCUT2D eigenvalue weighted by molar-refractivity contribution is 5.85. The molecule has 5 heteroatoms. The largest absolute Gasteiger partial charge is 0.445 e. The third kappa shape index (κ3) is 3.89. The van der Waals surface area contributed by atoms with Gasteiger partial charge in [0.25, 0.3) is 0 Å². The first-order valence-electron chi connectivity index (χ1n) is 7.44. The molecule has 2 aliphatic heterocycles. The third-order valence-corrected chi connectivity index (χ3v) is 4.46. The molecule has 1 aromatic carbocycles. The average molecular weight is 311 g/mol. The summed E-state index contributed by atoms with van der Waals surface area (Å²) in [6.45, 7) is 4.15. The molecule has 0 aromatic heterocycles. The maximum absolute atomic E-state index is 12.2. The number of carbonyl (C=O) groups excluding carboxylic acids is 1. The molecule has 1 N–H and O–H groups in total. The third-order valence-electron chi connectivity index (χ3n) is 4.46. The number of halogens is 1. The van der Waals surface area contributed by atoms with E-state index in [2.05, 4.69) is 5.32 Å². The van der Waals surface area contributed by atoms with Gasteiger partial charge in [0.1, 0.15) is 6.61 Å². The highest BCUT2D eigenvalue weighted by Crippen LogP contribution is 2.35. The first kappa shape index (κ1) is 16.1. The van der Waals surface area contributed by atoms with Gasteiger partial charge >= 0.3 is 6.09 Å². The number of benzene rings is 1. The lowest BCUT2D eigenvalue weighted by molar-refractivity contribution is 0.0577. The molecule has 1 atom stereocenters. The van der Waals surface area contributed by atoms with E-state index in [0.29, 0.717) is 12.0 Å². The van der Waals surface area contributed by atoms with Crippen LogP contribution in [0.5, 0.6) is 0 Å². The van der Waals surface area contributed by atoms with Crippen molar-refractivity contribution in [2.45, 2.75) is 25.9 Å². The molecule has 2 saturated heterocycles. The zero-order valence-corrected chi connectivity index (χ0v) is 13.0. The number of nitrogens with one attached hydrogen (secondary N) is 1. The normalized spacial score (nSPS) is 24.7. The Bertz CT molecular complexity index is 461. The fourth-order valence-electron chi connectivity index (χ4n) is 3.32. The van der Waals surface area contributed by atoms with Gasteiger partial charge in [-0.05, 0) is 31.4 Å². The van der Waals surface area contributed by atoms with Gasteiger partial charge < -0.3 is 15.0 Å². The Morgan fingerprint density at radius 1 is 1.29 bits per heavy atom. The number of nitrogens with zero attached hydrogens (tertiary/aromatic N) is 1. The number of hydrogen-bond acceptors (Lipinski definition) is 3. The number of rotatable bonds is 2. The van der Waals surface area contributed by atoms with E-state index in [1.165, 1.54) is 12.8 Å². The van der Waals surface area contributed by atoms with Crippen molar-refractivity contribution < 1.29 is 9.53 Å². The van der Waals surface area contributed by atoms with Crippen LogP contribution in [0.2, 0.25) is 0 Å². The Labute approximate surface area is 132 Å². The molecule has 0 radical (unpaired) electrons. The van der Waals surface area contributed by atoms with Gasteiger partial charge in [-0.15, -0.1) is 12.4 Å². The lowest BCUT2D eigenvalue weighted by Gasteiger charge is -2.39. The second-order valence-electron chi connectivity index (χ2n) is 5.99. The summed E-state index contributed by atoms with van der Waals surface area (Å²) in [4.78, 5) is 14.1. The van der Waals surface area contributed by atoms with E-state index in [0.717, 1.165) is 38.2 Å². The Morgan fingerprint density at radius 2 is 2.10 bits per heavy atom. The van der Waals surface area contributed by atoms with E-state index in [9.17, 15) is 4.79 Å². The summed E-state index contributed by atoms with van der Waals surface area (Å²) in [5.41, 5.74) is 1.33. The molecular formula is C16H23ClN2O2. The number of likely N-dealkylation sites (tertiary alicyclic amines) is 1. The van der Waals surface area contributed by atoms with Crippen LogP contribution in [0, 0.1) is 5.41 Å². The van der Waals surface area contributed by atoms with Gasteiger partial charge in [-0.1, -0.05) is 30.3 Å². The summed E-state index contributed by atoms with van der Waals surface area (Å²) in [5.74, 6) is 0. The molecule has 21 heavy (non-hydrogen) atoms. The smallest absolute Gasteiger partial charge is 0.410 e. The quantitative estimate of drug-likeness (QED) is 0.913. The van der Waals surface area contributed by atoms with Gasteiger partial charge in [-0.2, -0.15) is 0 Å². The minimum absolute atomic E-state index is 0. The van der Waals surface area contributed by atoms with Crippen LogP contribution in [0.3, 0.4) is 0 Å². The van der Waals surface area contributed by atoms with Crippen molar-refractivity contribution in [3.63, 3.8) is 0 Å². The maximum atomic E-state index is 12.2. The minimum Gasteiger partial charge on any atom is -0.445 e. The summed E-state index contributed by atoms with van der Waals surface area (Å²) in [7, 11) is 0. The number of piperidine rings is 1. The standard InChI is InChI=1S/C16H22N2O2.ClH/c19-15(20-11-14-5-2-1-3-6-14)18-10-4-7-16(13-18)8-9-17-12-16;/h1-3,5-6,17H,4,7-13H2;1H. The summed E-state index contributed by atoms with van der Waals surface area (Å²) < 4.78 is 5.44. The van der Waals surface area contributed by atoms with E-state index in [-0.39, 0.29) is 18.5 Å². The van der Waals surface area contributed by atoms with Crippen LogP contribution < -0.4 is 5.32 Å². The van der Waals surface area contributed by atoms with Crippen LogP contribution in [0.1, 0.15) is 24.8 Å². The van der Waals surface area contributed by atoms with Gasteiger partial charge in [-0.25, -0.2) is 4.79 Å². The minimum atomic E-state index is -0.167. The zero-order chi connectivity index (χ0) is 13.8. The fraction of sp³-hybridized carbons (Fsp3) is 0.562. The predicted molar refractivity (Wildman–Crippen MR) is 84.6 cm³/mol. The molecule has 1 spiro atoms. The Morgan fingerprint density at radius 3 is 2.81 bits per heavy atom. The summed E-state index contributed by atoms with van der Waals surface area (Å²) in [5, 5.41) is 3.42. The van der Waals surface area contributed by atoms with Crippen molar-refractivity contribution in [1.29, 1.82) is 0 Å². The van der Waals surface area contributed by atoms with Crippen molar-refractivity contribution in [3.05, 3.63) is 35.9 Å². The second kappa shape index (κ2) is 7.14. The van der Waals surface area contributed by atoms with Crippen LogP contribution in [0.25, 0.3) is 0 Å². The van der Waals surface area contributed by atoms with Crippen molar-refractivity contribution in [1.82, 2.24) is 10.2 Å². The van der Waals surface area contributed by atoms with Crippen molar-refractivity contribution in [3.8, 4) is 0 Å². The molecule has 0 saturated carbocycles. The van der Waals surface area contributed by atoms with Gasteiger partial charge in [0.05, 0.1) is 0 Å². The molecule has 1 unspecified atom stereocenters. The Kier molecular flexibility index (Phi) is 5.48. The van der Waals surface area contributed by atoms with Gasteiger partial charge in [0.15, 0.2) is 0 Å². The van der Waals surface area contributed by atoms with Gasteiger partial charge in [0.2, 0.25) is 0 Å². The summed E-state index contributed by atoms with van der Waals surface area (Å²) in [6.07, 6.45) is 3.32. The molecule has 1 aromatic rings. The van der Waals surface area contributed by atoms with Crippen LogP contribution in [-0.4, -0.2) is 37.2 Å². The van der Waals surface area contributed by atoms with E-state index >= 15 is 0 Å². The summed E-state index contributed by atoms with van der Waals surface area (Å²) >= 11 is 0. The molecule has 0 aliphatic carbocycles. The highest BCUT2D eigenvalue weighted by atomic mass is 35.5. The first-order chi connectivity index (χ1) is 9.77. The average Bonchev–Trinajstić information content (AvgIpc) is 2.93. The topological polar surface area (TPSA) is 41.6 Å². The fourth-order valence-corrected chi connectivity index (χ4v) is 3.32. The van der Waals surface area contributed by atoms with Crippen molar-refractivity contribution in [2.75, 3.05) is 26.2 Å². The SMILES string of the molecule is Cl.O=C(OCc1ccccc1)N1CCCC2(CCNC2)C1. The number of amides is 1. The lowest BCUT2D eigenvalue weighted by Crippen LogP contribution is -2.47. The van der Waals surface area contributed by atoms with Crippen LogP contribution in [0.4, 0.5) is 4.79 Å². The summed E-state index contributed by atoms with van der Waals surface area (Å²) in [6, 6.07) is 9.84. The van der Waals surface area contributed by atoms with E-state index in [1.54, 1.807) is 0 Å². The number of carbonyl (C=O) groups is 1. The van der Waals surface area contributed by atoms with Gasteiger partial charge in [-0.3, -0.25) is 0 Å². The number of hydrogen-bond donors (Lipinski definition) is 1. The molecule has 116 valence electrons. The molecule has 3 rings (SSSR count). The first-order valence-corrected chi connectivity index (χ1v) is 7.44. The maximum Gasteiger partial charge on any atom is 0.410 e. The number of ether oxygens (including phenoxy) is 1. The Hall–Kier alpha value is -1.26. The van der Waals surface area contributed by atoms with Crippen molar-refractivity contribution in [2.24, 2.45) is 5.41 Å². The predicted octanol–water partition coefficient (Wildman–Crippen LogP) is 2.82.